The lowest BCUT2D eigenvalue weighted by atomic mass is 10.0. The van der Waals surface area contributed by atoms with Gasteiger partial charge in [-0.1, -0.05) is 13.8 Å². The average molecular weight is 375 g/mol. The van der Waals surface area contributed by atoms with E-state index in [9.17, 15) is 19.5 Å². The molecule has 2 N–H and O–H groups in total. The lowest BCUT2D eigenvalue weighted by Crippen LogP contribution is -2.41. The Hall–Kier alpha value is -2.83. The molecule has 0 saturated heterocycles. The molecule has 0 aliphatic rings. The fourth-order valence-corrected chi connectivity index (χ4v) is 2.98. The number of methoxy groups -OCH3 is 1. The van der Waals surface area contributed by atoms with E-state index in [2.05, 4.69) is 5.32 Å². The number of amides is 1. The maximum absolute atomic E-state index is 12.2. The number of carbonyl (C=O) groups is 2. The predicted molar refractivity (Wildman–Crippen MR) is 101 cm³/mol. The molecule has 0 unspecified atom stereocenters. The van der Waals surface area contributed by atoms with E-state index in [0.717, 1.165) is 16.5 Å². The second-order valence-corrected chi connectivity index (χ2v) is 7.00. The van der Waals surface area contributed by atoms with Crippen LogP contribution in [0, 0.1) is 12.8 Å². The molecule has 2 aromatic rings. The second kappa shape index (κ2) is 8.70. The molecule has 0 spiro atoms. The number of rotatable bonds is 8. The number of carboxylic acids is 1. The topological polar surface area (TPSA) is 106 Å². The minimum atomic E-state index is -1.04. The van der Waals surface area contributed by atoms with Crippen molar-refractivity contribution in [2.45, 2.75) is 46.1 Å². The highest BCUT2D eigenvalue weighted by molar-refractivity contribution is 5.85. The first-order valence-corrected chi connectivity index (χ1v) is 8.84. The number of carbonyl (C=O) groups excluding carboxylic acids is 1. The maximum atomic E-state index is 12.2. The van der Waals surface area contributed by atoms with Crippen LogP contribution in [0.2, 0.25) is 0 Å². The van der Waals surface area contributed by atoms with Crippen LogP contribution in [0.25, 0.3) is 11.0 Å². The molecule has 7 heteroatoms. The number of nitrogens with one attached hydrogen (secondary N) is 1. The minimum absolute atomic E-state index is 0.125. The van der Waals surface area contributed by atoms with Crippen LogP contribution in [-0.2, 0) is 16.0 Å². The molecule has 0 aliphatic heterocycles. The largest absolute Gasteiger partial charge is 0.496 e. The molecule has 0 saturated carbocycles. The van der Waals surface area contributed by atoms with Gasteiger partial charge in [-0.05, 0) is 42.9 Å². The minimum Gasteiger partial charge on any atom is -0.496 e. The molecule has 27 heavy (non-hydrogen) atoms. The molecule has 1 aromatic heterocycles. The zero-order valence-corrected chi connectivity index (χ0v) is 16.0. The van der Waals surface area contributed by atoms with Crippen molar-refractivity contribution in [3.63, 3.8) is 0 Å². The van der Waals surface area contributed by atoms with Crippen molar-refractivity contribution in [1.82, 2.24) is 5.32 Å². The number of fused-ring (bicyclic) bond motifs is 1. The number of hydrogen-bond donors (Lipinski definition) is 2. The van der Waals surface area contributed by atoms with E-state index < -0.39 is 17.6 Å². The van der Waals surface area contributed by atoms with E-state index in [1.165, 1.54) is 13.2 Å². The van der Waals surface area contributed by atoms with Gasteiger partial charge in [0.05, 0.1) is 7.11 Å². The van der Waals surface area contributed by atoms with E-state index in [4.69, 9.17) is 9.15 Å². The summed E-state index contributed by atoms with van der Waals surface area (Å²) in [5.74, 6) is -0.696. The van der Waals surface area contributed by atoms with Gasteiger partial charge in [-0.15, -0.1) is 0 Å². The summed E-state index contributed by atoms with van der Waals surface area (Å²) in [5.41, 5.74) is 1.55. The molecular formula is C20H25NO6. The van der Waals surface area contributed by atoms with Crippen molar-refractivity contribution >= 4 is 22.8 Å². The van der Waals surface area contributed by atoms with Crippen molar-refractivity contribution in [3.8, 4) is 5.75 Å². The second-order valence-electron chi connectivity index (χ2n) is 7.00. The van der Waals surface area contributed by atoms with Crippen LogP contribution in [0.15, 0.2) is 27.4 Å². The summed E-state index contributed by atoms with van der Waals surface area (Å²) in [4.78, 5) is 35.0. The normalized spacial score (nSPS) is 12.2. The Morgan fingerprint density at radius 1 is 1.26 bits per heavy atom. The van der Waals surface area contributed by atoms with E-state index in [0.29, 0.717) is 24.2 Å². The van der Waals surface area contributed by atoms with Gasteiger partial charge in [-0.2, -0.15) is 0 Å². The number of ether oxygens (including phenoxy) is 1. The number of aliphatic carboxylic acids is 1. The lowest BCUT2D eigenvalue weighted by molar-refractivity contribution is -0.142. The maximum Gasteiger partial charge on any atom is 0.336 e. The Bertz CT molecular complexity index is 899. The van der Waals surface area contributed by atoms with Crippen LogP contribution >= 0.6 is 0 Å². The fourth-order valence-electron chi connectivity index (χ4n) is 2.98. The van der Waals surface area contributed by atoms with Gasteiger partial charge in [-0.3, -0.25) is 4.79 Å². The first kappa shape index (κ1) is 20.5. The first-order valence-electron chi connectivity index (χ1n) is 8.84. The quantitative estimate of drug-likeness (QED) is 0.687. The van der Waals surface area contributed by atoms with Gasteiger partial charge in [0.25, 0.3) is 0 Å². The highest BCUT2D eigenvalue weighted by Crippen LogP contribution is 2.28. The molecule has 7 nitrogen and oxygen atoms in total. The summed E-state index contributed by atoms with van der Waals surface area (Å²) < 4.78 is 10.6. The van der Waals surface area contributed by atoms with Crippen molar-refractivity contribution in [2.24, 2.45) is 5.92 Å². The van der Waals surface area contributed by atoms with Crippen molar-refractivity contribution < 1.29 is 23.8 Å². The van der Waals surface area contributed by atoms with Crippen LogP contribution in [0.1, 0.15) is 37.8 Å². The van der Waals surface area contributed by atoms with Crippen LogP contribution in [0.4, 0.5) is 0 Å². The van der Waals surface area contributed by atoms with Crippen LogP contribution in [0.3, 0.4) is 0 Å². The van der Waals surface area contributed by atoms with Gasteiger partial charge in [0.15, 0.2) is 0 Å². The summed E-state index contributed by atoms with van der Waals surface area (Å²) in [6.45, 7) is 5.62. The SMILES string of the molecule is COc1cc2oc(=O)cc(C)c2cc1CCC(=O)N[C@@H](CC(C)C)C(=O)O. The van der Waals surface area contributed by atoms with Crippen LogP contribution in [0.5, 0.6) is 5.75 Å². The standard InChI is InChI=1S/C20H25NO6/c1-11(2)7-15(20(24)25)21-18(22)6-5-13-9-14-12(3)8-19(23)27-17(14)10-16(13)26-4/h8-11,15H,5-7H2,1-4H3,(H,21,22)(H,24,25)/t15-/m0/s1. The molecule has 1 aromatic carbocycles. The van der Waals surface area contributed by atoms with E-state index in [1.807, 2.05) is 26.8 Å². The molecule has 0 aliphatic carbocycles. The van der Waals surface area contributed by atoms with E-state index in [-0.39, 0.29) is 18.2 Å². The molecule has 1 heterocycles. The van der Waals surface area contributed by atoms with E-state index >= 15 is 0 Å². The summed E-state index contributed by atoms with van der Waals surface area (Å²) in [7, 11) is 1.50. The molecule has 0 bridgehead atoms. The smallest absolute Gasteiger partial charge is 0.336 e. The average Bonchev–Trinajstić information content (AvgIpc) is 2.58. The third kappa shape index (κ3) is 5.32. The van der Waals surface area contributed by atoms with Gasteiger partial charge in [0.2, 0.25) is 5.91 Å². The summed E-state index contributed by atoms with van der Waals surface area (Å²) in [6, 6.07) is 3.99. The number of aryl methyl sites for hydroxylation is 2. The highest BCUT2D eigenvalue weighted by atomic mass is 16.5. The Kier molecular flexibility index (Phi) is 6.60. The van der Waals surface area contributed by atoms with Gasteiger partial charge < -0.3 is 19.6 Å². The monoisotopic (exact) mass is 375 g/mol. The summed E-state index contributed by atoms with van der Waals surface area (Å²) >= 11 is 0. The Morgan fingerprint density at radius 3 is 2.56 bits per heavy atom. The van der Waals surface area contributed by atoms with E-state index in [1.54, 1.807) is 6.07 Å². The molecule has 2 rings (SSSR count). The first-order chi connectivity index (χ1) is 12.7. The Labute approximate surface area is 157 Å². The molecular weight excluding hydrogens is 350 g/mol. The third-order valence-corrected chi connectivity index (χ3v) is 4.31. The lowest BCUT2D eigenvalue weighted by Gasteiger charge is -2.17. The third-order valence-electron chi connectivity index (χ3n) is 4.31. The summed E-state index contributed by atoms with van der Waals surface area (Å²) in [5, 5.41) is 12.6. The number of hydrogen-bond acceptors (Lipinski definition) is 5. The molecule has 0 fully saturated rings. The molecule has 146 valence electrons. The summed E-state index contributed by atoms with van der Waals surface area (Å²) in [6.07, 6.45) is 0.871. The van der Waals surface area contributed by atoms with Gasteiger partial charge in [0, 0.05) is 23.9 Å². The zero-order chi connectivity index (χ0) is 20.1. The predicted octanol–water partition coefficient (Wildman–Crippen LogP) is 2.66. The highest BCUT2D eigenvalue weighted by Gasteiger charge is 2.21. The molecule has 1 amide bonds. The van der Waals surface area contributed by atoms with Gasteiger partial charge in [-0.25, -0.2) is 9.59 Å². The van der Waals surface area contributed by atoms with Crippen LogP contribution in [-0.4, -0.2) is 30.1 Å². The number of benzene rings is 1. The zero-order valence-electron chi connectivity index (χ0n) is 16.0. The molecule has 0 radical (unpaired) electrons. The van der Waals surface area contributed by atoms with Crippen molar-refractivity contribution in [2.75, 3.05) is 7.11 Å². The Morgan fingerprint density at radius 2 is 1.96 bits per heavy atom. The van der Waals surface area contributed by atoms with Crippen molar-refractivity contribution in [1.29, 1.82) is 0 Å². The fraction of sp³-hybridized carbons (Fsp3) is 0.450. The molecule has 1 atom stereocenters. The number of carboxylic acid groups (broad SMARTS) is 1. The van der Waals surface area contributed by atoms with Crippen molar-refractivity contribution in [3.05, 3.63) is 39.7 Å². The van der Waals surface area contributed by atoms with Gasteiger partial charge >= 0.3 is 11.6 Å². The van der Waals surface area contributed by atoms with Crippen LogP contribution < -0.4 is 15.7 Å². The Balaban J connectivity index is 2.16. The van der Waals surface area contributed by atoms with Gasteiger partial charge in [0.1, 0.15) is 17.4 Å².